The molecule has 1 aromatic carbocycles. The molecule has 0 spiro atoms. The van der Waals surface area contributed by atoms with Gasteiger partial charge in [0.25, 0.3) is 5.91 Å². The largest absolute Gasteiger partial charge is 0.352 e. The van der Waals surface area contributed by atoms with Crippen molar-refractivity contribution in [1.82, 2.24) is 5.32 Å². The molecule has 1 amide bonds. The van der Waals surface area contributed by atoms with Crippen LogP contribution in [-0.2, 0) is 0 Å². The summed E-state index contributed by atoms with van der Waals surface area (Å²) >= 11 is 0. The van der Waals surface area contributed by atoms with E-state index in [2.05, 4.69) is 5.32 Å². The minimum Gasteiger partial charge on any atom is -0.352 e. The molecule has 1 N–H and O–H groups in total. The first-order valence-electron chi connectivity index (χ1n) is 5.05. The van der Waals surface area contributed by atoms with Crippen molar-refractivity contribution in [3.05, 3.63) is 35.1 Å². The van der Waals surface area contributed by atoms with Gasteiger partial charge in [0.2, 0.25) is 0 Å². The van der Waals surface area contributed by atoms with Crippen LogP contribution in [0, 0.1) is 18.7 Å². The molecular weight excluding hydrogens is 193 g/mol. The summed E-state index contributed by atoms with van der Waals surface area (Å²) in [4.78, 5) is 11.6. The second kappa shape index (κ2) is 4.91. The minimum absolute atomic E-state index is 0.138. The normalized spacial score (nSPS) is 10.5. The molecule has 0 saturated carbocycles. The molecule has 0 fully saturated rings. The highest BCUT2D eigenvalue weighted by Gasteiger charge is 2.09. The number of carbonyl (C=O) groups is 1. The van der Waals surface area contributed by atoms with Crippen LogP contribution in [0.15, 0.2) is 18.2 Å². The lowest BCUT2D eigenvalue weighted by atomic mass is 10.1. The van der Waals surface area contributed by atoms with Gasteiger partial charge in [0.05, 0.1) is 0 Å². The second-order valence-corrected chi connectivity index (χ2v) is 4.06. The summed E-state index contributed by atoms with van der Waals surface area (Å²) in [5.41, 5.74) is 1.20. The highest BCUT2D eigenvalue weighted by Crippen LogP contribution is 2.09. The van der Waals surface area contributed by atoms with E-state index in [1.807, 2.05) is 13.8 Å². The molecule has 0 saturated heterocycles. The highest BCUT2D eigenvalue weighted by molar-refractivity contribution is 5.95. The average Bonchev–Trinajstić information content (AvgIpc) is 2.14. The van der Waals surface area contributed by atoms with Crippen molar-refractivity contribution in [2.75, 3.05) is 6.54 Å². The maximum Gasteiger partial charge on any atom is 0.251 e. The topological polar surface area (TPSA) is 29.1 Å². The summed E-state index contributed by atoms with van der Waals surface area (Å²) in [6.07, 6.45) is 0. The van der Waals surface area contributed by atoms with Gasteiger partial charge >= 0.3 is 0 Å². The van der Waals surface area contributed by atoms with Crippen LogP contribution in [0.25, 0.3) is 0 Å². The van der Waals surface area contributed by atoms with Gasteiger partial charge in [-0.3, -0.25) is 4.79 Å². The number of aryl methyl sites for hydroxylation is 1. The van der Waals surface area contributed by atoms with Gasteiger partial charge in [-0.25, -0.2) is 4.39 Å². The highest BCUT2D eigenvalue weighted by atomic mass is 19.1. The molecule has 0 aliphatic carbocycles. The Morgan fingerprint density at radius 1 is 1.47 bits per heavy atom. The van der Waals surface area contributed by atoms with Crippen LogP contribution in [0.4, 0.5) is 4.39 Å². The number of amides is 1. The summed E-state index contributed by atoms with van der Waals surface area (Å²) in [7, 11) is 0. The van der Waals surface area contributed by atoms with E-state index in [4.69, 9.17) is 0 Å². The Hall–Kier alpha value is -1.38. The van der Waals surface area contributed by atoms with Gasteiger partial charge in [0, 0.05) is 12.1 Å². The summed E-state index contributed by atoms with van der Waals surface area (Å²) in [5, 5.41) is 2.80. The first-order chi connectivity index (χ1) is 7.00. The molecular formula is C12H16FNO. The van der Waals surface area contributed by atoms with E-state index in [-0.39, 0.29) is 11.7 Å². The van der Waals surface area contributed by atoms with Crippen molar-refractivity contribution >= 4 is 5.91 Å². The van der Waals surface area contributed by atoms with E-state index in [1.54, 1.807) is 6.92 Å². The quantitative estimate of drug-likeness (QED) is 0.814. The molecule has 0 aliphatic rings. The molecule has 82 valence electrons. The van der Waals surface area contributed by atoms with E-state index < -0.39 is 0 Å². The van der Waals surface area contributed by atoms with E-state index in [1.165, 1.54) is 18.2 Å². The first-order valence-corrected chi connectivity index (χ1v) is 5.05. The van der Waals surface area contributed by atoms with Gasteiger partial charge in [-0.15, -0.1) is 0 Å². The molecule has 15 heavy (non-hydrogen) atoms. The molecule has 2 nitrogen and oxygen atoms in total. The smallest absolute Gasteiger partial charge is 0.251 e. The molecule has 0 aromatic heterocycles. The monoisotopic (exact) mass is 209 g/mol. The number of nitrogens with one attached hydrogen (secondary N) is 1. The number of halogens is 1. The Kier molecular flexibility index (Phi) is 3.83. The number of hydrogen-bond donors (Lipinski definition) is 1. The Bertz CT molecular complexity index is 361. The Morgan fingerprint density at radius 3 is 2.67 bits per heavy atom. The predicted octanol–water partition coefficient (Wildman–Crippen LogP) is 2.52. The third-order valence-electron chi connectivity index (χ3n) is 2.10. The summed E-state index contributed by atoms with van der Waals surface area (Å²) in [6.45, 7) is 6.42. The fourth-order valence-corrected chi connectivity index (χ4v) is 1.27. The molecule has 1 aromatic rings. The number of rotatable bonds is 3. The van der Waals surface area contributed by atoms with Crippen molar-refractivity contribution in [2.45, 2.75) is 20.8 Å². The lowest BCUT2D eigenvalue weighted by molar-refractivity contribution is 0.0948. The molecule has 0 unspecified atom stereocenters. The van der Waals surface area contributed by atoms with E-state index in [9.17, 15) is 9.18 Å². The molecule has 1 rings (SSSR count). The van der Waals surface area contributed by atoms with Gasteiger partial charge in [-0.1, -0.05) is 13.8 Å². The molecule has 3 heteroatoms. The zero-order valence-corrected chi connectivity index (χ0v) is 9.30. The van der Waals surface area contributed by atoms with E-state index in [0.29, 0.717) is 23.6 Å². The predicted molar refractivity (Wildman–Crippen MR) is 58.3 cm³/mol. The van der Waals surface area contributed by atoms with Gasteiger partial charge in [0.15, 0.2) is 0 Å². The third kappa shape index (κ3) is 3.35. The minimum atomic E-state index is -0.312. The summed E-state index contributed by atoms with van der Waals surface area (Å²) in [6, 6.07) is 4.18. The zero-order chi connectivity index (χ0) is 11.4. The van der Waals surface area contributed by atoms with Gasteiger partial charge < -0.3 is 5.32 Å². The molecule has 0 heterocycles. The fourth-order valence-electron chi connectivity index (χ4n) is 1.27. The molecule has 0 atom stereocenters. The Morgan fingerprint density at radius 2 is 2.13 bits per heavy atom. The van der Waals surface area contributed by atoms with Gasteiger partial charge in [-0.05, 0) is 36.6 Å². The van der Waals surface area contributed by atoms with E-state index in [0.717, 1.165) is 0 Å². The average molecular weight is 209 g/mol. The zero-order valence-electron chi connectivity index (χ0n) is 9.30. The summed E-state index contributed by atoms with van der Waals surface area (Å²) in [5.74, 6) is -0.0381. The number of hydrogen-bond acceptors (Lipinski definition) is 1. The first kappa shape index (κ1) is 11.7. The van der Waals surface area contributed by atoms with Crippen molar-refractivity contribution in [2.24, 2.45) is 5.92 Å². The Labute approximate surface area is 89.5 Å². The van der Waals surface area contributed by atoms with Gasteiger partial charge in [-0.2, -0.15) is 0 Å². The third-order valence-corrected chi connectivity index (χ3v) is 2.10. The van der Waals surface area contributed by atoms with Crippen molar-refractivity contribution in [1.29, 1.82) is 0 Å². The van der Waals surface area contributed by atoms with Crippen LogP contribution in [0.5, 0.6) is 0 Å². The van der Waals surface area contributed by atoms with E-state index >= 15 is 0 Å². The van der Waals surface area contributed by atoms with Crippen LogP contribution in [0.1, 0.15) is 29.8 Å². The SMILES string of the molecule is Cc1cc(F)ccc1C(=O)NCC(C)C. The number of benzene rings is 1. The molecule has 0 bridgehead atoms. The standard InChI is InChI=1S/C12H16FNO/c1-8(2)7-14-12(15)11-5-4-10(13)6-9(11)3/h4-6,8H,7H2,1-3H3,(H,14,15). The van der Waals surface area contributed by atoms with Crippen LogP contribution < -0.4 is 5.32 Å². The maximum atomic E-state index is 12.8. The number of carbonyl (C=O) groups excluding carboxylic acids is 1. The van der Waals surface area contributed by atoms with Crippen molar-refractivity contribution < 1.29 is 9.18 Å². The second-order valence-electron chi connectivity index (χ2n) is 4.06. The molecule has 0 radical (unpaired) electrons. The van der Waals surface area contributed by atoms with Crippen molar-refractivity contribution in [3.8, 4) is 0 Å². The summed E-state index contributed by atoms with van der Waals surface area (Å²) < 4.78 is 12.8. The van der Waals surface area contributed by atoms with Crippen molar-refractivity contribution in [3.63, 3.8) is 0 Å². The molecule has 0 aliphatic heterocycles. The van der Waals surface area contributed by atoms with Crippen LogP contribution in [0.2, 0.25) is 0 Å². The van der Waals surface area contributed by atoms with Crippen LogP contribution in [0.3, 0.4) is 0 Å². The fraction of sp³-hybridized carbons (Fsp3) is 0.417. The van der Waals surface area contributed by atoms with Crippen LogP contribution in [-0.4, -0.2) is 12.5 Å². The lowest BCUT2D eigenvalue weighted by Gasteiger charge is -2.09. The maximum absolute atomic E-state index is 12.8. The lowest BCUT2D eigenvalue weighted by Crippen LogP contribution is -2.27. The Balaban J connectivity index is 2.74. The van der Waals surface area contributed by atoms with Crippen LogP contribution >= 0.6 is 0 Å². The van der Waals surface area contributed by atoms with Gasteiger partial charge in [0.1, 0.15) is 5.82 Å².